The highest BCUT2D eigenvalue weighted by Gasteiger charge is 2.17. The molecule has 0 atom stereocenters. The van der Waals surface area contributed by atoms with Crippen molar-refractivity contribution >= 4 is 37.4 Å². The van der Waals surface area contributed by atoms with E-state index < -0.39 is 0 Å². The van der Waals surface area contributed by atoms with Gasteiger partial charge in [-0.2, -0.15) is 5.26 Å². The Kier molecular flexibility index (Phi) is 4.71. The highest BCUT2D eigenvalue weighted by Crippen LogP contribution is 2.36. The summed E-state index contributed by atoms with van der Waals surface area (Å²) < 4.78 is 8.60. The van der Waals surface area contributed by atoms with E-state index in [-0.39, 0.29) is 0 Å². The molecular formula is C26H18N6OS. The Morgan fingerprint density at radius 2 is 1.91 bits per heavy atom. The van der Waals surface area contributed by atoms with Gasteiger partial charge in [0, 0.05) is 16.6 Å². The van der Waals surface area contributed by atoms with Crippen LogP contribution in [0.2, 0.25) is 0 Å². The van der Waals surface area contributed by atoms with E-state index in [0.29, 0.717) is 23.7 Å². The van der Waals surface area contributed by atoms with Crippen molar-refractivity contribution in [1.29, 1.82) is 5.26 Å². The maximum absolute atomic E-state index is 8.94. The largest absolute Gasteiger partial charge is 0.489 e. The number of benzene rings is 2. The molecule has 34 heavy (non-hydrogen) atoms. The van der Waals surface area contributed by atoms with Crippen LogP contribution in [-0.2, 0) is 6.61 Å². The summed E-state index contributed by atoms with van der Waals surface area (Å²) in [6.07, 6.45) is 1.72. The first-order valence-electron chi connectivity index (χ1n) is 10.7. The van der Waals surface area contributed by atoms with Gasteiger partial charge in [-0.3, -0.25) is 0 Å². The minimum absolute atomic E-state index is 0.402. The predicted octanol–water partition coefficient (Wildman–Crippen LogP) is 5.62. The van der Waals surface area contributed by atoms with Crippen molar-refractivity contribution in [1.82, 2.24) is 24.6 Å². The molecule has 4 heterocycles. The van der Waals surface area contributed by atoms with Gasteiger partial charge < -0.3 is 4.74 Å². The van der Waals surface area contributed by atoms with E-state index in [2.05, 4.69) is 29.1 Å². The molecule has 0 aliphatic rings. The number of ether oxygens (including phenoxy) is 1. The number of nitrogens with zero attached hydrogens (tertiary/aromatic N) is 6. The fourth-order valence-electron chi connectivity index (χ4n) is 4.08. The SMILES string of the molecule is Cc1cc(C)c2c(n1)sc1c2ncn2nc(-c3cccc(COc4ccc(C#N)cc4)c3)nc12. The van der Waals surface area contributed by atoms with Crippen LogP contribution >= 0.6 is 11.3 Å². The Labute approximate surface area is 198 Å². The highest BCUT2D eigenvalue weighted by atomic mass is 32.1. The van der Waals surface area contributed by atoms with Gasteiger partial charge in [0.15, 0.2) is 11.5 Å². The molecule has 2 aromatic carbocycles. The first-order chi connectivity index (χ1) is 16.6. The van der Waals surface area contributed by atoms with Crippen LogP contribution in [0.4, 0.5) is 0 Å². The third kappa shape index (κ3) is 3.43. The molecule has 6 aromatic rings. The fraction of sp³-hybridized carbons (Fsp3) is 0.115. The Morgan fingerprint density at radius 1 is 1.06 bits per heavy atom. The lowest BCUT2D eigenvalue weighted by Crippen LogP contribution is -1.96. The number of thiophene rings is 1. The lowest BCUT2D eigenvalue weighted by atomic mass is 10.1. The summed E-state index contributed by atoms with van der Waals surface area (Å²) in [6, 6.07) is 19.3. The monoisotopic (exact) mass is 462 g/mol. The highest BCUT2D eigenvalue weighted by molar-refractivity contribution is 7.26. The van der Waals surface area contributed by atoms with Crippen molar-refractivity contribution in [3.63, 3.8) is 0 Å². The smallest absolute Gasteiger partial charge is 0.182 e. The number of aromatic nitrogens is 5. The van der Waals surface area contributed by atoms with Crippen LogP contribution in [0.5, 0.6) is 5.75 Å². The number of hydrogen-bond donors (Lipinski definition) is 0. The Morgan fingerprint density at radius 3 is 2.74 bits per heavy atom. The third-order valence-electron chi connectivity index (χ3n) is 5.67. The topological polar surface area (TPSA) is 89.0 Å². The summed E-state index contributed by atoms with van der Waals surface area (Å²) in [5, 5.41) is 14.7. The lowest BCUT2D eigenvalue weighted by Gasteiger charge is -2.07. The maximum Gasteiger partial charge on any atom is 0.182 e. The zero-order chi connectivity index (χ0) is 23.2. The average molecular weight is 463 g/mol. The molecule has 0 spiro atoms. The molecule has 0 aliphatic heterocycles. The van der Waals surface area contributed by atoms with E-state index in [1.807, 2.05) is 31.2 Å². The summed E-state index contributed by atoms with van der Waals surface area (Å²) in [4.78, 5) is 15.2. The van der Waals surface area contributed by atoms with Crippen LogP contribution < -0.4 is 4.74 Å². The van der Waals surface area contributed by atoms with E-state index in [0.717, 1.165) is 42.9 Å². The summed E-state index contributed by atoms with van der Waals surface area (Å²) in [5.41, 5.74) is 6.37. The minimum Gasteiger partial charge on any atom is -0.489 e. The van der Waals surface area contributed by atoms with E-state index in [4.69, 9.17) is 20.0 Å². The first-order valence-corrected chi connectivity index (χ1v) is 11.5. The second kappa shape index (κ2) is 7.90. The van der Waals surface area contributed by atoms with Crippen LogP contribution in [0.15, 0.2) is 60.9 Å². The van der Waals surface area contributed by atoms with Crippen LogP contribution in [0.1, 0.15) is 22.4 Å². The summed E-state index contributed by atoms with van der Waals surface area (Å²) in [7, 11) is 0. The van der Waals surface area contributed by atoms with Gasteiger partial charge in [0.1, 0.15) is 28.2 Å². The van der Waals surface area contributed by atoms with Crippen molar-refractivity contribution in [2.75, 3.05) is 0 Å². The normalized spacial score (nSPS) is 11.3. The number of nitriles is 1. The quantitative estimate of drug-likeness (QED) is 0.338. The van der Waals surface area contributed by atoms with Gasteiger partial charge in [-0.05, 0) is 61.4 Å². The minimum atomic E-state index is 0.402. The number of pyridine rings is 1. The molecule has 0 radical (unpaired) electrons. The molecule has 0 N–H and O–H groups in total. The summed E-state index contributed by atoms with van der Waals surface area (Å²) in [5.74, 6) is 1.35. The molecule has 8 heteroatoms. The zero-order valence-electron chi connectivity index (χ0n) is 18.5. The predicted molar refractivity (Wildman–Crippen MR) is 132 cm³/mol. The molecule has 7 nitrogen and oxygen atoms in total. The van der Waals surface area contributed by atoms with Gasteiger partial charge in [-0.1, -0.05) is 18.2 Å². The van der Waals surface area contributed by atoms with Crippen LogP contribution in [0.3, 0.4) is 0 Å². The summed E-state index contributed by atoms with van der Waals surface area (Å²) >= 11 is 1.60. The van der Waals surface area contributed by atoms with Crippen molar-refractivity contribution in [3.8, 4) is 23.2 Å². The van der Waals surface area contributed by atoms with Crippen LogP contribution in [0.25, 0.3) is 37.5 Å². The fourth-order valence-corrected chi connectivity index (χ4v) is 5.31. The van der Waals surface area contributed by atoms with Crippen molar-refractivity contribution in [2.45, 2.75) is 20.5 Å². The molecule has 0 aliphatic carbocycles. The molecule has 0 saturated carbocycles. The Balaban J connectivity index is 1.35. The molecule has 0 saturated heterocycles. The number of hydrogen-bond acceptors (Lipinski definition) is 7. The molecule has 0 bridgehead atoms. The zero-order valence-corrected chi connectivity index (χ0v) is 19.3. The Bertz CT molecular complexity index is 1740. The van der Waals surface area contributed by atoms with E-state index in [1.165, 1.54) is 5.56 Å². The van der Waals surface area contributed by atoms with E-state index in [1.54, 1.807) is 46.4 Å². The van der Waals surface area contributed by atoms with Gasteiger partial charge in [0.25, 0.3) is 0 Å². The second-order valence-corrected chi connectivity index (χ2v) is 9.11. The molecule has 0 unspecified atom stereocenters. The number of aryl methyl sites for hydroxylation is 2. The van der Waals surface area contributed by atoms with Gasteiger partial charge >= 0.3 is 0 Å². The molecule has 0 amide bonds. The van der Waals surface area contributed by atoms with E-state index >= 15 is 0 Å². The van der Waals surface area contributed by atoms with Gasteiger partial charge in [0.05, 0.1) is 17.1 Å². The van der Waals surface area contributed by atoms with Gasteiger partial charge in [0.2, 0.25) is 0 Å². The van der Waals surface area contributed by atoms with Gasteiger partial charge in [-0.15, -0.1) is 16.4 Å². The summed E-state index contributed by atoms with van der Waals surface area (Å²) in [6.45, 7) is 4.50. The average Bonchev–Trinajstić information content (AvgIpc) is 3.44. The van der Waals surface area contributed by atoms with Gasteiger partial charge in [-0.25, -0.2) is 19.5 Å². The van der Waals surface area contributed by atoms with Crippen molar-refractivity contribution in [2.24, 2.45) is 0 Å². The van der Waals surface area contributed by atoms with Crippen LogP contribution in [-0.4, -0.2) is 24.6 Å². The number of fused-ring (bicyclic) bond motifs is 5. The lowest BCUT2D eigenvalue weighted by molar-refractivity contribution is 0.306. The van der Waals surface area contributed by atoms with Crippen LogP contribution in [0, 0.1) is 25.2 Å². The maximum atomic E-state index is 8.94. The standard InChI is InChI=1S/C26H18N6OS/c1-15-10-16(2)29-26-21(15)22-23(34-26)25-30-24(31-32(25)14-28-22)19-5-3-4-18(11-19)13-33-20-8-6-17(12-27)7-9-20/h3-11,14H,13H2,1-2H3. The molecule has 6 rings (SSSR count). The van der Waals surface area contributed by atoms with Crippen molar-refractivity contribution in [3.05, 3.63) is 83.3 Å². The molecule has 4 aromatic heterocycles. The first kappa shape index (κ1) is 20.3. The van der Waals surface area contributed by atoms with Crippen molar-refractivity contribution < 1.29 is 4.74 Å². The molecular weight excluding hydrogens is 444 g/mol. The number of rotatable bonds is 4. The Hall–Kier alpha value is -4.35. The molecule has 0 fully saturated rings. The second-order valence-electron chi connectivity index (χ2n) is 8.11. The third-order valence-corrected chi connectivity index (χ3v) is 6.74. The molecule has 164 valence electrons. The van der Waals surface area contributed by atoms with E-state index in [9.17, 15) is 0 Å².